The lowest BCUT2D eigenvalue weighted by Crippen LogP contribution is -2.27. The van der Waals surface area contributed by atoms with E-state index in [0.717, 1.165) is 24.7 Å². The molecule has 4 heteroatoms. The van der Waals surface area contributed by atoms with E-state index in [-0.39, 0.29) is 0 Å². The van der Waals surface area contributed by atoms with Gasteiger partial charge in [0, 0.05) is 12.6 Å². The maximum absolute atomic E-state index is 5.43. The second kappa shape index (κ2) is 4.23. The maximum atomic E-state index is 5.43. The van der Waals surface area contributed by atoms with E-state index in [1.165, 1.54) is 18.4 Å². The fraction of sp³-hybridized carbons (Fsp3) is 0.727. The van der Waals surface area contributed by atoms with Crippen molar-refractivity contribution in [3.63, 3.8) is 0 Å². The average molecular weight is 209 g/mol. The second-order valence-corrected chi connectivity index (χ2v) is 4.16. The Bertz CT molecular complexity index is 340. The van der Waals surface area contributed by atoms with Gasteiger partial charge in [-0.3, -0.25) is 0 Å². The van der Waals surface area contributed by atoms with Crippen molar-refractivity contribution in [2.45, 2.75) is 25.7 Å². The van der Waals surface area contributed by atoms with Crippen LogP contribution in [-0.2, 0) is 7.05 Å². The van der Waals surface area contributed by atoms with Crippen molar-refractivity contribution >= 4 is 0 Å². The van der Waals surface area contributed by atoms with Crippen LogP contribution in [0.4, 0.5) is 0 Å². The number of rotatable bonds is 2. The van der Waals surface area contributed by atoms with Crippen LogP contribution in [0.5, 0.6) is 5.88 Å². The minimum atomic E-state index is 0.606. The third kappa shape index (κ3) is 1.86. The van der Waals surface area contributed by atoms with E-state index < -0.39 is 0 Å². The Labute approximate surface area is 90.6 Å². The highest BCUT2D eigenvalue weighted by molar-refractivity contribution is 5.35. The third-order valence-corrected chi connectivity index (χ3v) is 3.15. The molecule has 1 N–H and O–H groups in total. The minimum Gasteiger partial charge on any atom is -0.481 e. The van der Waals surface area contributed by atoms with E-state index in [0.29, 0.717) is 5.92 Å². The first kappa shape index (κ1) is 10.5. The fourth-order valence-electron chi connectivity index (χ4n) is 2.48. The summed E-state index contributed by atoms with van der Waals surface area (Å²) in [5, 5.41) is 7.81. The Morgan fingerprint density at radius 2 is 2.07 bits per heavy atom. The van der Waals surface area contributed by atoms with Crippen molar-refractivity contribution in [2.24, 2.45) is 7.05 Å². The average Bonchev–Trinajstić information content (AvgIpc) is 2.54. The molecule has 0 aromatic carbocycles. The minimum absolute atomic E-state index is 0.606. The summed E-state index contributed by atoms with van der Waals surface area (Å²) in [6.45, 7) is 4.27. The summed E-state index contributed by atoms with van der Waals surface area (Å²) in [7, 11) is 3.66. The van der Waals surface area contributed by atoms with Gasteiger partial charge in [-0.25, -0.2) is 4.68 Å². The van der Waals surface area contributed by atoms with E-state index in [1.807, 2.05) is 11.7 Å². The van der Waals surface area contributed by atoms with E-state index in [9.17, 15) is 0 Å². The zero-order valence-electron chi connectivity index (χ0n) is 9.71. The zero-order valence-corrected chi connectivity index (χ0v) is 9.71. The number of aromatic nitrogens is 2. The van der Waals surface area contributed by atoms with Gasteiger partial charge in [0.25, 0.3) is 0 Å². The molecular formula is C11H19N3O. The van der Waals surface area contributed by atoms with E-state index in [4.69, 9.17) is 4.74 Å². The second-order valence-electron chi connectivity index (χ2n) is 4.16. The van der Waals surface area contributed by atoms with Crippen LogP contribution in [0.25, 0.3) is 0 Å². The first-order chi connectivity index (χ1) is 7.24. The van der Waals surface area contributed by atoms with Gasteiger partial charge in [0.15, 0.2) is 0 Å². The quantitative estimate of drug-likeness (QED) is 0.795. The molecule has 0 spiro atoms. The molecular weight excluding hydrogens is 190 g/mol. The van der Waals surface area contributed by atoms with Gasteiger partial charge in [0.05, 0.1) is 12.8 Å². The molecule has 1 aromatic heterocycles. The number of hydrogen-bond donors (Lipinski definition) is 1. The monoisotopic (exact) mass is 209 g/mol. The highest BCUT2D eigenvalue weighted by atomic mass is 16.5. The van der Waals surface area contributed by atoms with Crippen molar-refractivity contribution in [1.82, 2.24) is 15.1 Å². The van der Waals surface area contributed by atoms with Crippen molar-refractivity contribution in [3.05, 3.63) is 11.3 Å². The van der Waals surface area contributed by atoms with Crippen LogP contribution in [-0.4, -0.2) is 30.0 Å². The first-order valence-corrected chi connectivity index (χ1v) is 5.52. The molecule has 0 aliphatic carbocycles. The summed E-state index contributed by atoms with van der Waals surface area (Å²) >= 11 is 0. The molecule has 0 saturated carbocycles. The molecule has 1 fully saturated rings. The smallest absolute Gasteiger partial charge is 0.215 e. The summed E-state index contributed by atoms with van der Waals surface area (Å²) in [5.74, 6) is 1.54. The molecule has 0 atom stereocenters. The number of ether oxygens (including phenoxy) is 1. The standard InChI is InChI=1S/C11H19N3O/c1-8-10(9-4-6-12-7-5-9)11(15-3)14(2)13-8/h9,12H,4-7H2,1-3H3. The van der Waals surface area contributed by atoms with Gasteiger partial charge in [-0.1, -0.05) is 0 Å². The van der Waals surface area contributed by atoms with Gasteiger partial charge in [0.1, 0.15) is 0 Å². The number of nitrogens with one attached hydrogen (secondary N) is 1. The predicted molar refractivity (Wildman–Crippen MR) is 59.3 cm³/mol. The van der Waals surface area contributed by atoms with E-state index >= 15 is 0 Å². The van der Waals surface area contributed by atoms with Gasteiger partial charge in [-0.15, -0.1) is 0 Å². The summed E-state index contributed by atoms with van der Waals surface area (Å²) in [6.07, 6.45) is 2.37. The van der Waals surface area contributed by atoms with Gasteiger partial charge in [0.2, 0.25) is 5.88 Å². The highest BCUT2D eigenvalue weighted by Gasteiger charge is 2.24. The molecule has 0 amide bonds. The topological polar surface area (TPSA) is 39.1 Å². The molecule has 2 heterocycles. The molecule has 1 aromatic rings. The van der Waals surface area contributed by atoms with Crippen molar-refractivity contribution in [1.29, 1.82) is 0 Å². The van der Waals surface area contributed by atoms with Crippen LogP contribution in [0.1, 0.15) is 30.0 Å². The predicted octanol–water partition coefficient (Wildman–Crippen LogP) is 1.20. The van der Waals surface area contributed by atoms with Gasteiger partial charge in [-0.05, 0) is 38.8 Å². The molecule has 0 radical (unpaired) electrons. The molecule has 0 bridgehead atoms. The Morgan fingerprint density at radius 1 is 1.40 bits per heavy atom. The molecule has 2 rings (SSSR count). The molecule has 4 nitrogen and oxygen atoms in total. The SMILES string of the molecule is COc1c(C2CCNCC2)c(C)nn1C. The first-order valence-electron chi connectivity index (χ1n) is 5.52. The molecule has 1 aliphatic heterocycles. The molecule has 1 saturated heterocycles. The Hall–Kier alpha value is -1.03. The third-order valence-electron chi connectivity index (χ3n) is 3.15. The Morgan fingerprint density at radius 3 is 2.67 bits per heavy atom. The molecule has 0 unspecified atom stereocenters. The van der Waals surface area contributed by atoms with Crippen LogP contribution in [0, 0.1) is 6.92 Å². The number of hydrogen-bond acceptors (Lipinski definition) is 3. The number of nitrogens with zero attached hydrogens (tertiary/aromatic N) is 2. The van der Waals surface area contributed by atoms with Crippen LogP contribution in [0.2, 0.25) is 0 Å². The van der Waals surface area contributed by atoms with Crippen LogP contribution < -0.4 is 10.1 Å². The van der Waals surface area contributed by atoms with E-state index in [1.54, 1.807) is 7.11 Å². The maximum Gasteiger partial charge on any atom is 0.215 e. The van der Waals surface area contributed by atoms with Gasteiger partial charge >= 0.3 is 0 Å². The number of piperidine rings is 1. The van der Waals surface area contributed by atoms with Crippen molar-refractivity contribution in [3.8, 4) is 5.88 Å². The highest BCUT2D eigenvalue weighted by Crippen LogP contribution is 2.34. The van der Waals surface area contributed by atoms with Crippen LogP contribution in [0.15, 0.2) is 0 Å². The van der Waals surface area contributed by atoms with Crippen molar-refractivity contribution in [2.75, 3.05) is 20.2 Å². The zero-order chi connectivity index (χ0) is 10.8. The normalized spacial score (nSPS) is 18.1. The van der Waals surface area contributed by atoms with E-state index in [2.05, 4.69) is 17.3 Å². The fourth-order valence-corrected chi connectivity index (χ4v) is 2.48. The van der Waals surface area contributed by atoms with Crippen molar-refractivity contribution < 1.29 is 4.74 Å². The largest absolute Gasteiger partial charge is 0.481 e. The Kier molecular flexibility index (Phi) is 2.95. The summed E-state index contributed by atoms with van der Waals surface area (Å²) in [4.78, 5) is 0. The number of methoxy groups -OCH3 is 1. The van der Waals surface area contributed by atoms with Gasteiger partial charge in [-0.2, -0.15) is 5.10 Å². The summed E-state index contributed by atoms with van der Waals surface area (Å²) < 4.78 is 7.27. The lowest BCUT2D eigenvalue weighted by molar-refractivity contribution is 0.359. The lowest BCUT2D eigenvalue weighted by atomic mass is 9.90. The van der Waals surface area contributed by atoms with Gasteiger partial charge < -0.3 is 10.1 Å². The lowest BCUT2D eigenvalue weighted by Gasteiger charge is -2.23. The molecule has 84 valence electrons. The van der Waals surface area contributed by atoms with Crippen LogP contribution in [0.3, 0.4) is 0 Å². The molecule has 15 heavy (non-hydrogen) atoms. The number of aryl methyl sites for hydroxylation is 2. The molecule has 1 aliphatic rings. The summed E-state index contributed by atoms with van der Waals surface area (Å²) in [6, 6.07) is 0. The van der Waals surface area contributed by atoms with Crippen LogP contribution >= 0.6 is 0 Å². The summed E-state index contributed by atoms with van der Waals surface area (Å²) in [5.41, 5.74) is 2.42. The Balaban J connectivity index is 2.32.